The molecule has 0 fully saturated rings. The number of benzene rings is 15. The largest absolute Gasteiger partial charge is 0.457 e. The minimum Gasteiger partial charge on any atom is -0.457 e. The summed E-state index contributed by atoms with van der Waals surface area (Å²) in [5.74, 6) is 1.31. The van der Waals surface area contributed by atoms with Crippen LogP contribution in [0.15, 0.2) is 352 Å². The Bertz CT molecular complexity index is 6310. The summed E-state index contributed by atoms with van der Waals surface area (Å²) in [4.78, 5) is 4.75. The minimum atomic E-state index is -0.999. The summed E-state index contributed by atoms with van der Waals surface area (Å²) in [5.41, 5.74) is 21.0. The first-order valence-electron chi connectivity index (χ1n) is 38.1. The molecule has 0 saturated heterocycles. The third kappa shape index (κ3) is 9.61. The van der Waals surface area contributed by atoms with Gasteiger partial charge in [0, 0.05) is 67.5 Å². The lowest BCUT2D eigenvalue weighted by Crippen LogP contribution is -2.62. The fourth-order valence-corrected chi connectivity index (χ4v) is 16.3. The molecule has 1 aromatic heterocycles. The van der Waals surface area contributed by atoms with Gasteiger partial charge in [0.2, 0.25) is 0 Å². The molecule has 0 aliphatic carbocycles. The van der Waals surface area contributed by atoms with E-state index < -0.39 is 54.4 Å². The Labute approximate surface area is 605 Å². The van der Waals surface area contributed by atoms with E-state index in [1.807, 2.05) is 36.4 Å². The quantitative estimate of drug-likeness (QED) is 0.128. The van der Waals surface area contributed by atoms with Crippen molar-refractivity contribution >= 4 is 79.0 Å². The first kappa shape index (κ1) is 53.1. The van der Waals surface area contributed by atoms with E-state index in [0.717, 1.165) is 123 Å². The van der Waals surface area contributed by atoms with E-state index in [9.17, 15) is 14.9 Å². The standard InChI is InChI=1S/C96H67BN4O/c1-95(2,3)74-48-51-87-83(57-74)97-84-60-82-92(102-91-56-69(64-28-11-4-12-29-64)47-49-81(91)96(82,72-38-21-9-22-39-72)73-40-23-10-24-41-73)61-88(84)100(75-54-70(65-30-13-5-14-31-65)53-71(55-75)66-32-15-6-16-33-66)89-58-76(99-85-45-26-25-42-79(85)80-52-63(62-98)46-50-86(80)99)59-90(93(89)97)101(87)94-77(67-34-17-7-18-35-67)43-27-44-78(94)68-36-19-8-20-37-68/h4-61H,1-3H3/i25D,26D,42D,45D,46D,50D,52D. The molecule has 19 rings (SSSR count). The van der Waals surface area contributed by atoms with Crippen LogP contribution in [0.25, 0.3) is 83.1 Å². The summed E-state index contributed by atoms with van der Waals surface area (Å²) in [5, 5.41) is 10.7. The van der Waals surface area contributed by atoms with Crippen molar-refractivity contribution in [3.05, 3.63) is 385 Å². The number of aromatic nitrogens is 1. The number of nitriles is 1. The maximum absolute atomic E-state index is 10.8. The number of hydrogen-bond acceptors (Lipinski definition) is 4. The van der Waals surface area contributed by atoms with Crippen LogP contribution in [0.5, 0.6) is 11.5 Å². The lowest BCUT2D eigenvalue weighted by molar-refractivity contribution is 0.435. The topological polar surface area (TPSA) is 44.4 Å². The van der Waals surface area contributed by atoms with Gasteiger partial charge in [0.05, 0.1) is 49.1 Å². The molecule has 0 spiro atoms. The van der Waals surface area contributed by atoms with Crippen molar-refractivity contribution in [2.45, 2.75) is 31.6 Å². The molecule has 0 atom stereocenters. The summed E-state index contributed by atoms with van der Waals surface area (Å²) in [6.45, 7) is 6.18. The van der Waals surface area contributed by atoms with Crippen LogP contribution in [0.1, 0.15) is 63.7 Å². The smallest absolute Gasteiger partial charge is 0.252 e. The van der Waals surface area contributed by atoms with Gasteiger partial charge in [-0.05, 0) is 150 Å². The number of rotatable bonds is 10. The van der Waals surface area contributed by atoms with E-state index in [4.69, 9.17) is 4.74 Å². The third-order valence-electron chi connectivity index (χ3n) is 20.9. The second-order valence-corrected chi connectivity index (χ2v) is 27.7. The Morgan fingerprint density at radius 2 is 0.922 bits per heavy atom. The molecule has 0 unspecified atom stereocenters. The highest BCUT2D eigenvalue weighted by molar-refractivity contribution is 7.00. The molecule has 4 heterocycles. The van der Waals surface area contributed by atoms with E-state index in [2.05, 4.69) is 310 Å². The molecule has 3 aliphatic heterocycles. The molecule has 15 aromatic carbocycles. The minimum absolute atomic E-state index is 0.0113. The molecule has 3 aliphatic rings. The maximum atomic E-state index is 10.8. The van der Waals surface area contributed by atoms with Crippen molar-refractivity contribution in [2.24, 2.45) is 0 Å². The van der Waals surface area contributed by atoms with E-state index in [-0.39, 0.29) is 32.8 Å². The summed E-state index contributed by atoms with van der Waals surface area (Å²) in [6, 6.07) is 108. The van der Waals surface area contributed by atoms with E-state index in [1.165, 1.54) is 0 Å². The predicted octanol–water partition coefficient (Wildman–Crippen LogP) is 22.9. The van der Waals surface area contributed by atoms with E-state index in [0.29, 0.717) is 28.6 Å². The molecule has 5 nitrogen and oxygen atoms in total. The maximum Gasteiger partial charge on any atom is 0.252 e. The second kappa shape index (κ2) is 23.9. The van der Waals surface area contributed by atoms with Crippen LogP contribution in [-0.2, 0) is 10.8 Å². The lowest BCUT2D eigenvalue weighted by atomic mass is 9.33. The average molecular weight is 1310 g/mol. The van der Waals surface area contributed by atoms with Gasteiger partial charge >= 0.3 is 0 Å². The summed E-state index contributed by atoms with van der Waals surface area (Å²) >= 11 is 0. The highest BCUT2D eigenvalue weighted by atomic mass is 16.5. The number of hydrogen-bond donors (Lipinski definition) is 0. The van der Waals surface area contributed by atoms with Crippen molar-refractivity contribution in [3.8, 4) is 78.9 Å². The average Bonchev–Trinajstić information content (AvgIpc) is 0.748. The van der Waals surface area contributed by atoms with Crippen molar-refractivity contribution in [1.82, 2.24) is 4.57 Å². The van der Waals surface area contributed by atoms with Gasteiger partial charge in [-0.15, -0.1) is 0 Å². The Morgan fingerprint density at radius 1 is 0.402 bits per heavy atom. The zero-order valence-electron chi connectivity index (χ0n) is 63.2. The Kier molecular flexibility index (Phi) is 12.4. The molecule has 0 N–H and O–H groups in total. The van der Waals surface area contributed by atoms with Crippen LogP contribution in [0, 0.1) is 11.3 Å². The number of fused-ring (bicyclic) bond motifs is 9. The first-order chi connectivity index (χ1) is 53.1. The molecule has 16 aromatic rings. The zero-order chi connectivity index (χ0) is 74.3. The highest BCUT2D eigenvalue weighted by Gasteiger charge is 2.50. The van der Waals surface area contributed by atoms with Gasteiger partial charge in [-0.25, -0.2) is 0 Å². The van der Waals surface area contributed by atoms with Crippen LogP contribution in [0.4, 0.5) is 34.1 Å². The van der Waals surface area contributed by atoms with Gasteiger partial charge < -0.3 is 19.1 Å². The van der Waals surface area contributed by atoms with Crippen molar-refractivity contribution in [2.75, 3.05) is 9.80 Å². The van der Waals surface area contributed by atoms with Gasteiger partial charge in [-0.2, -0.15) is 5.26 Å². The van der Waals surface area contributed by atoms with Crippen LogP contribution >= 0.6 is 0 Å². The monoisotopic (exact) mass is 1310 g/mol. The number of para-hydroxylation sites is 2. The molecule has 6 heteroatoms. The Morgan fingerprint density at radius 3 is 1.50 bits per heavy atom. The second-order valence-electron chi connectivity index (χ2n) is 27.7. The summed E-state index contributed by atoms with van der Waals surface area (Å²) in [6.07, 6.45) is 0. The molecule has 0 bridgehead atoms. The molecule has 480 valence electrons. The van der Waals surface area contributed by atoms with Gasteiger partial charge in [0.25, 0.3) is 6.71 Å². The first-order valence-corrected chi connectivity index (χ1v) is 34.6. The molecule has 0 amide bonds. The van der Waals surface area contributed by atoms with Gasteiger partial charge in [-0.1, -0.05) is 300 Å². The molecule has 102 heavy (non-hydrogen) atoms. The Hall–Kier alpha value is -12.9. The van der Waals surface area contributed by atoms with Crippen LogP contribution in [0.3, 0.4) is 0 Å². The Balaban J connectivity index is 1.04. The third-order valence-corrected chi connectivity index (χ3v) is 20.9. The number of ether oxygens (including phenoxy) is 1. The molecular weight excluding hydrogens is 1240 g/mol. The van der Waals surface area contributed by atoms with Crippen LogP contribution < -0.4 is 30.9 Å². The van der Waals surface area contributed by atoms with Crippen LogP contribution in [-0.4, -0.2) is 11.3 Å². The lowest BCUT2D eigenvalue weighted by Gasteiger charge is -2.47. The van der Waals surface area contributed by atoms with Crippen LogP contribution in [0.2, 0.25) is 0 Å². The van der Waals surface area contributed by atoms with E-state index >= 15 is 0 Å². The molecular formula is C96H67BN4O. The normalized spacial score (nSPS) is 14.1. The van der Waals surface area contributed by atoms with Crippen molar-refractivity contribution in [1.29, 1.82) is 5.26 Å². The summed E-state index contributed by atoms with van der Waals surface area (Å²) in [7, 11) is 0. The summed E-state index contributed by atoms with van der Waals surface area (Å²) < 4.78 is 77.8. The SMILES string of the molecule is [2H]c1c([2H])c([2H])c2c(c1[2H])c1c([2H])c(C#N)c([2H])c([2H])c1n2-c1cc2c3c(c1)N(c1c(-c4ccccc4)cccc1-c1ccccc1)c1ccc(C(C)(C)C)cc1B3c1cc3c(cc1N2c1cc(-c2ccccc2)cc(-c2ccccc2)c1)Oc1cc(-c2ccccc2)ccc1C3(c1ccccc1)c1ccccc1. The number of nitrogens with zero attached hydrogens (tertiary/aromatic N) is 4. The molecule has 0 radical (unpaired) electrons. The van der Waals surface area contributed by atoms with Gasteiger partial charge in [-0.3, -0.25) is 0 Å². The van der Waals surface area contributed by atoms with Gasteiger partial charge in [0.15, 0.2) is 0 Å². The van der Waals surface area contributed by atoms with Crippen molar-refractivity contribution in [3.63, 3.8) is 0 Å². The van der Waals surface area contributed by atoms with Crippen molar-refractivity contribution < 1.29 is 14.3 Å². The zero-order valence-corrected chi connectivity index (χ0v) is 56.2. The molecule has 0 saturated carbocycles. The van der Waals surface area contributed by atoms with Gasteiger partial charge in [0.1, 0.15) is 11.5 Å². The predicted molar refractivity (Wildman–Crippen MR) is 424 cm³/mol. The highest BCUT2D eigenvalue weighted by Crippen LogP contribution is 2.59. The van der Waals surface area contributed by atoms with E-state index in [1.54, 1.807) is 4.57 Å². The fourth-order valence-electron chi connectivity index (χ4n) is 16.3. The fraction of sp³-hybridized carbons (Fsp3) is 0.0521. The number of anilines is 6.